The van der Waals surface area contributed by atoms with Crippen molar-refractivity contribution in [2.75, 3.05) is 5.73 Å². The number of aromatic nitrogens is 2. The molecular weight excluding hydrogens is 262 g/mol. The topological polar surface area (TPSA) is 138 Å². The standard InChI is InChI=1S/C12H11N5O3/c1-6-9(11(14)18)10(13)16-12(15-6)7-2-4-8(5-3-7)17(19)20/h2-5H,1H3,(H2,14,18)(H2,13,15,16). The predicted octanol–water partition coefficient (Wildman–Crippen LogP) is 1.04. The lowest BCUT2D eigenvalue weighted by molar-refractivity contribution is -0.384. The van der Waals surface area contributed by atoms with Crippen molar-refractivity contribution in [1.29, 1.82) is 0 Å². The van der Waals surface area contributed by atoms with Crippen molar-refractivity contribution in [1.82, 2.24) is 9.97 Å². The fourth-order valence-electron chi connectivity index (χ4n) is 1.76. The Labute approximate surface area is 113 Å². The van der Waals surface area contributed by atoms with Gasteiger partial charge in [0.1, 0.15) is 11.4 Å². The fourth-order valence-corrected chi connectivity index (χ4v) is 1.76. The molecule has 0 aliphatic heterocycles. The second kappa shape index (κ2) is 4.92. The van der Waals surface area contributed by atoms with Crippen molar-refractivity contribution in [3.63, 3.8) is 0 Å². The molecule has 102 valence electrons. The highest BCUT2D eigenvalue weighted by atomic mass is 16.6. The van der Waals surface area contributed by atoms with Gasteiger partial charge in [-0.05, 0) is 19.1 Å². The molecule has 0 radical (unpaired) electrons. The summed E-state index contributed by atoms with van der Waals surface area (Å²) in [4.78, 5) is 29.4. The van der Waals surface area contributed by atoms with Gasteiger partial charge >= 0.3 is 0 Å². The van der Waals surface area contributed by atoms with E-state index in [4.69, 9.17) is 11.5 Å². The summed E-state index contributed by atoms with van der Waals surface area (Å²) >= 11 is 0. The molecule has 0 aliphatic carbocycles. The third kappa shape index (κ3) is 2.39. The minimum absolute atomic E-state index is 0.0154. The van der Waals surface area contributed by atoms with Gasteiger partial charge in [-0.3, -0.25) is 14.9 Å². The molecule has 1 heterocycles. The van der Waals surface area contributed by atoms with Gasteiger partial charge in [0.05, 0.1) is 10.6 Å². The summed E-state index contributed by atoms with van der Waals surface area (Å²) < 4.78 is 0. The number of carbonyl (C=O) groups is 1. The highest BCUT2D eigenvalue weighted by Crippen LogP contribution is 2.22. The predicted molar refractivity (Wildman–Crippen MR) is 71.8 cm³/mol. The molecule has 1 amide bonds. The molecule has 0 bridgehead atoms. The van der Waals surface area contributed by atoms with E-state index in [-0.39, 0.29) is 22.9 Å². The summed E-state index contributed by atoms with van der Waals surface area (Å²) in [6.07, 6.45) is 0. The maximum Gasteiger partial charge on any atom is 0.269 e. The van der Waals surface area contributed by atoms with Gasteiger partial charge in [0.2, 0.25) is 0 Å². The highest BCUT2D eigenvalue weighted by Gasteiger charge is 2.15. The molecule has 0 atom stereocenters. The average Bonchev–Trinajstić information content (AvgIpc) is 2.37. The van der Waals surface area contributed by atoms with E-state index < -0.39 is 10.8 Å². The molecule has 2 aromatic rings. The van der Waals surface area contributed by atoms with E-state index in [1.165, 1.54) is 24.3 Å². The van der Waals surface area contributed by atoms with Crippen molar-refractivity contribution >= 4 is 17.4 Å². The van der Waals surface area contributed by atoms with Crippen LogP contribution in [0.2, 0.25) is 0 Å². The summed E-state index contributed by atoms with van der Waals surface area (Å²) in [5, 5.41) is 10.6. The summed E-state index contributed by atoms with van der Waals surface area (Å²) in [7, 11) is 0. The number of primary amides is 1. The van der Waals surface area contributed by atoms with E-state index in [2.05, 4.69) is 9.97 Å². The number of carbonyl (C=O) groups excluding carboxylic acids is 1. The molecule has 0 spiro atoms. The zero-order chi connectivity index (χ0) is 14.9. The maximum atomic E-state index is 11.2. The molecule has 8 nitrogen and oxygen atoms in total. The molecule has 20 heavy (non-hydrogen) atoms. The Kier molecular flexibility index (Phi) is 3.30. The van der Waals surface area contributed by atoms with Crippen LogP contribution < -0.4 is 11.5 Å². The van der Waals surface area contributed by atoms with Gasteiger partial charge in [-0.25, -0.2) is 9.97 Å². The lowest BCUT2D eigenvalue weighted by Gasteiger charge is -2.07. The van der Waals surface area contributed by atoms with Crippen LogP contribution in [0.5, 0.6) is 0 Å². The second-order valence-electron chi connectivity index (χ2n) is 4.06. The lowest BCUT2D eigenvalue weighted by Crippen LogP contribution is -2.17. The normalized spacial score (nSPS) is 10.2. The number of nitrogens with zero attached hydrogens (tertiary/aromatic N) is 3. The van der Waals surface area contributed by atoms with E-state index in [1.807, 2.05) is 0 Å². The third-order valence-corrected chi connectivity index (χ3v) is 2.70. The van der Waals surface area contributed by atoms with E-state index in [0.717, 1.165) is 0 Å². The molecule has 0 unspecified atom stereocenters. The van der Waals surface area contributed by atoms with E-state index >= 15 is 0 Å². The number of anilines is 1. The molecule has 0 fully saturated rings. The Morgan fingerprint density at radius 1 is 1.25 bits per heavy atom. The van der Waals surface area contributed by atoms with Gasteiger partial charge in [0, 0.05) is 17.7 Å². The van der Waals surface area contributed by atoms with E-state index in [0.29, 0.717) is 11.3 Å². The Morgan fingerprint density at radius 2 is 1.85 bits per heavy atom. The van der Waals surface area contributed by atoms with Crippen LogP contribution in [0.15, 0.2) is 24.3 Å². The van der Waals surface area contributed by atoms with Gasteiger partial charge in [-0.2, -0.15) is 0 Å². The Balaban J connectivity index is 2.48. The van der Waals surface area contributed by atoms with E-state index in [9.17, 15) is 14.9 Å². The van der Waals surface area contributed by atoms with Crippen LogP contribution in [0.1, 0.15) is 16.1 Å². The van der Waals surface area contributed by atoms with Gasteiger partial charge in [-0.1, -0.05) is 0 Å². The zero-order valence-electron chi connectivity index (χ0n) is 10.5. The van der Waals surface area contributed by atoms with Crippen LogP contribution >= 0.6 is 0 Å². The quantitative estimate of drug-likeness (QED) is 0.632. The molecule has 0 saturated heterocycles. The number of nitro groups is 1. The number of nitro benzene ring substituents is 1. The van der Waals surface area contributed by atoms with Crippen molar-refractivity contribution in [2.24, 2.45) is 5.73 Å². The monoisotopic (exact) mass is 273 g/mol. The average molecular weight is 273 g/mol. The third-order valence-electron chi connectivity index (χ3n) is 2.70. The van der Waals surface area contributed by atoms with Gasteiger partial charge in [-0.15, -0.1) is 0 Å². The number of amides is 1. The van der Waals surface area contributed by atoms with Crippen molar-refractivity contribution < 1.29 is 9.72 Å². The molecule has 8 heteroatoms. The Morgan fingerprint density at radius 3 is 2.30 bits per heavy atom. The van der Waals surface area contributed by atoms with E-state index in [1.54, 1.807) is 6.92 Å². The number of aryl methyl sites for hydroxylation is 1. The van der Waals surface area contributed by atoms with Crippen molar-refractivity contribution in [2.45, 2.75) is 6.92 Å². The molecule has 4 N–H and O–H groups in total. The van der Waals surface area contributed by atoms with Crippen molar-refractivity contribution in [3.05, 3.63) is 45.6 Å². The summed E-state index contributed by atoms with van der Waals surface area (Å²) in [6, 6.07) is 5.70. The van der Waals surface area contributed by atoms with Crippen LogP contribution in [0, 0.1) is 17.0 Å². The first kappa shape index (κ1) is 13.4. The highest BCUT2D eigenvalue weighted by molar-refractivity contribution is 5.98. The summed E-state index contributed by atoms with van der Waals surface area (Å²) in [6.45, 7) is 1.59. The van der Waals surface area contributed by atoms with Crippen molar-refractivity contribution in [3.8, 4) is 11.4 Å². The largest absolute Gasteiger partial charge is 0.383 e. The number of benzene rings is 1. The van der Waals surface area contributed by atoms with Crippen LogP contribution in [0.3, 0.4) is 0 Å². The number of non-ortho nitro benzene ring substituents is 1. The zero-order valence-corrected chi connectivity index (χ0v) is 10.5. The molecule has 0 aliphatic rings. The summed E-state index contributed by atoms with van der Waals surface area (Å²) in [5.41, 5.74) is 11.8. The smallest absolute Gasteiger partial charge is 0.269 e. The van der Waals surface area contributed by atoms with Crippen LogP contribution in [-0.4, -0.2) is 20.8 Å². The first-order chi connectivity index (χ1) is 9.40. The molecule has 2 rings (SSSR count). The maximum absolute atomic E-state index is 11.2. The van der Waals surface area contributed by atoms with Crippen LogP contribution in [-0.2, 0) is 0 Å². The first-order valence-electron chi connectivity index (χ1n) is 5.59. The van der Waals surface area contributed by atoms with Crippen LogP contribution in [0.25, 0.3) is 11.4 Å². The number of hydrogen-bond acceptors (Lipinski definition) is 6. The lowest BCUT2D eigenvalue weighted by atomic mass is 10.1. The second-order valence-corrected chi connectivity index (χ2v) is 4.06. The van der Waals surface area contributed by atoms with Crippen LogP contribution in [0.4, 0.5) is 11.5 Å². The number of hydrogen-bond donors (Lipinski definition) is 2. The minimum atomic E-state index is -0.699. The number of nitrogen functional groups attached to an aromatic ring is 1. The fraction of sp³-hybridized carbons (Fsp3) is 0.0833. The molecule has 1 aromatic carbocycles. The molecule has 1 aromatic heterocycles. The Hall–Kier alpha value is -3.03. The van der Waals surface area contributed by atoms with Gasteiger partial charge < -0.3 is 11.5 Å². The minimum Gasteiger partial charge on any atom is -0.383 e. The molecule has 0 saturated carbocycles. The number of rotatable bonds is 3. The molecular formula is C12H11N5O3. The van der Waals surface area contributed by atoms with Gasteiger partial charge in [0.15, 0.2) is 5.82 Å². The Bertz CT molecular complexity index is 674. The summed E-state index contributed by atoms with van der Waals surface area (Å²) in [5.74, 6) is -0.437. The SMILES string of the molecule is Cc1nc(-c2ccc([N+](=O)[O-])cc2)nc(N)c1C(N)=O. The first-order valence-corrected chi connectivity index (χ1v) is 5.59. The van der Waals surface area contributed by atoms with Gasteiger partial charge in [0.25, 0.3) is 11.6 Å². The number of nitrogens with two attached hydrogens (primary N) is 2.